The molecule has 1 aromatic carbocycles. The van der Waals surface area contributed by atoms with Crippen LogP contribution in [0.15, 0.2) is 30.5 Å². The molecule has 1 fully saturated rings. The van der Waals surface area contributed by atoms with Gasteiger partial charge in [-0.1, -0.05) is 33.4 Å². The second kappa shape index (κ2) is 7.34. The van der Waals surface area contributed by atoms with Gasteiger partial charge in [0.1, 0.15) is 11.8 Å². The van der Waals surface area contributed by atoms with Crippen LogP contribution in [0.25, 0.3) is 0 Å². The molecule has 3 rings (SSSR count). The summed E-state index contributed by atoms with van der Waals surface area (Å²) in [6.45, 7) is 9.79. The van der Waals surface area contributed by atoms with E-state index in [0.717, 1.165) is 10.5 Å². The molecule has 1 unspecified atom stereocenters. The first-order valence-electron chi connectivity index (χ1n) is 9.58. The molecule has 0 bridgehead atoms. The van der Waals surface area contributed by atoms with Gasteiger partial charge in [-0.05, 0) is 42.4 Å². The van der Waals surface area contributed by atoms with E-state index in [-0.39, 0.29) is 17.1 Å². The van der Waals surface area contributed by atoms with Crippen LogP contribution < -0.4 is 5.32 Å². The van der Waals surface area contributed by atoms with Gasteiger partial charge in [0, 0.05) is 18.5 Å². The highest BCUT2D eigenvalue weighted by atomic mass is 16.2. The summed E-state index contributed by atoms with van der Waals surface area (Å²) in [6.07, 6.45) is 2.34. The second-order valence-electron chi connectivity index (χ2n) is 8.78. The van der Waals surface area contributed by atoms with Crippen molar-refractivity contribution in [3.05, 3.63) is 47.2 Å². The zero-order chi connectivity index (χ0) is 20.6. The van der Waals surface area contributed by atoms with Crippen molar-refractivity contribution in [2.24, 2.45) is 5.41 Å². The molecule has 0 saturated carbocycles. The number of carbonyl (C=O) groups excluding carboxylic acids is 4. The Balaban J connectivity index is 1.74. The number of hydrogen-bond donors (Lipinski definition) is 1. The molecule has 28 heavy (non-hydrogen) atoms. The summed E-state index contributed by atoms with van der Waals surface area (Å²) in [4.78, 5) is 51.0. The fourth-order valence-electron chi connectivity index (χ4n) is 3.72. The average molecular weight is 382 g/mol. The number of fused-ring (bicyclic) bond motifs is 1. The second-order valence-corrected chi connectivity index (χ2v) is 8.78. The maximum atomic E-state index is 12.8. The first-order chi connectivity index (χ1) is 13.1. The molecule has 1 saturated heterocycles. The maximum Gasteiger partial charge on any atom is 0.262 e. The van der Waals surface area contributed by atoms with E-state index in [1.54, 1.807) is 18.2 Å². The third-order valence-electron chi connectivity index (χ3n) is 5.04. The fourth-order valence-corrected chi connectivity index (χ4v) is 3.72. The first-order valence-corrected chi connectivity index (χ1v) is 9.58. The van der Waals surface area contributed by atoms with Crippen LogP contribution in [0.5, 0.6) is 0 Å². The normalized spacial score (nSPS) is 19.7. The molecule has 1 aromatic rings. The van der Waals surface area contributed by atoms with Crippen LogP contribution >= 0.6 is 0 Å². The van der Waals surface area contributed by atoms with Gasteiger partial charge in [-0.2, -0.15) is 0 Å². The molecular formula is C22H26N2O4. The zero-order valence-corrected chi connectivity index (χ0v) is 16.6. The van der Waals surface area contributed by atoms with E-state index in [2.05, 4.69) is 11.9 Å². The van der Waals surface area contributed by atoms with E-state index in [9.17, 15) is 19.2 Å². The summed E-state index contributed by atoms with van der Waals surface area (Å²) in [5.74, 6) is -1.09. The third kappa shape index (κ3) is 4.06. The molecule has 3 amide bonds. The van der Waals surface area contributed by atoms with Crippen molar-refractivity contribution >= 4 is 23.5 Å². The van der Waals surface area contributed by atoms with Crippen molar-refractivity contribution in [1.82, 2.24) is 10.2 Å². The van der Waals surface area contributed by atoms with Gasteiger partial charge in [-0.3, -0.25) is 24.1 Å². The number of ketones is 1. The van der Waals surface area contributed by atoms with Crippen LogP contribution in [-0.2, 0) is 16.0 Å². The lowest BCUT2D eigenvalue weighted by molar-refractivity contribution is -0.125. The van der Waals surface area contributed by atoms with Crippen molar-refractivity contribution in [2.75, 3.05) is 0 Å². The minimum absolute atomic E-state index is 0.0518. The monoisotopic (exact) mass is 382 g/mol. The largest absolute Gasteiger partial charge is 0.329 e. The highest BCUT2D eigenvalue weighted by Crippen LogP contribution is 2.29. The minimum Gasteiger partial charge on any atom is -0.329 e. The molecule has 1 N–H and O–H groups in total. The number of aryl methyl sites for hydroxylation is 1. The van der Waals surface area contributed by atoms with Crippen molar-refractivity contribution in [2.45, 2.75) is 58.9 Å². The predicted octanol–water partition coefficient (Wildman–Crippen LogP) is 3.01. The van der Waals surface area contributed by atoms with Gasteiger partial charge in [-0.25, -0.2) is 0 Å². The molecule has 2 heterocycles. The number of Topliss-reactive ketones (excluding diaryl/α,β-unsaturated/α-hetero) is 1. The summed E-state index contributed by atoms with van der Waals surface area (Å²) in [5.41, 5.74) is 2.00. The van der Waals surface area contributed by atoms with Crippen LogP contribution in [0.3, 0.4) is 0 Å². The SMILES string of the molecule is C=C1CCC(N2C(=O)c3ccc(CCC(=O)CC(C)(C)C)cc3C2=O)C(=O)N1. The average Bonchev–Trinajstić information content (AvgIpc) is 2.83. The Hall–Kier alpha value is -2.76. The van der Waals surface area contributed by atoms with Gasteiger partial charge >= 0.3 is 0 Å². The summed E-state index contributed by atoms with van der Waals surface area (Å²) in [7, 11) is 0. The Labute approximate surface area is 165 Å². The van der Waals surface area contributed by atoms with E-state index in [1.807, 2.05) is 20.8 Å². The van der Waals surface area contributed by atoms with Crippen LogP contribution in [-0.4, -0.2) is 34.4 Å². The summed E-state index contributed by atoms with van der Waals surface area (Å²) >= 11 is 0. The number of imide groups is 1. The molecule has 6 nitrogen and oxygen atoms in total. The number of amides is 3. The molecule has 1 atom stereocenters. The Bertz CT molecular complexity index is 879. The molecule has 148 valence electrons. The van der Waals surface area contributed by atoms with Gasteiger partial charge in [0.05, 0.1) is 11.1 Å². The first kappa shape index (κ1) is 20.0. The van der Waals surface area contributed by atoms with E-state index < -0.39 is 17.9 Å². The van der Waals surface area contributed by atoms with Gasteiger partial charge < -0.3 is 5.32 Å². The van der Waals surface area contributed by atoms with Gasteiger partial charge in [-0.15, -0.1) is 0 Å². The van der Waals surface area contributed by atoms with E-state index in [0.29, 0.717) is 48.9 Å². The zero-order valence-electron chi connectivity index (χ0n) is 16.6. The Morgan fingerprint density at radius 1 is 1.18 bits per heavy atom. The van der Waals surface area contributed by atoms with Gasteiger partial charge in [0.15, 0.2) is 0 Å². The van der Waals surface area contributed by atoms with Crippen LogP contribution in [0.1, 0.15) is 72.7 Å². The quantitative estimate of drug-likeness (QED) is 0.794. The Morgan fingerprint density at radius 3 is 2.50 bits per heavy atom. The summed E-state index contributed by atoms with van der Waals surface area (Å²) in [6, 6.07) is 4.27. The number of allylic oxidation sites excluding steroid dienone is 1. The number of benzene rings is 1. The highest BCUT2D eigenvalue weighted by Gasteiger charge is 2.43. The van der Waals surface area contributed by atoms with Crippen molar-refractivity contribution in [1.29, 1.82) is 0 Å². The smallest absolute Gasteiger partial charge is 0.262 e. The molecule has 2 aliphatic rings. The number of carbonyl (C=O) groups is 4. The predicted molar refractivity (Wildman–Crippen MR) is 105 cm³/mol. The minimum atomic E-state index is -0.810. The third-order valence-corrected chi connectivity index (χ3v) is 5.04. The van der Waals surface area contributed by atoms with Crippen LogP contribution in [0.2, 0.25) is 0 Å². The molecule has 0 spiro atoms. The lowest BCUT2D eigenvalue weighted by atomic mass is 9.88. The molecule has 0 radical (unpaired) electrons. The van der Waals surface area contributed by atoms with Crippen molar-refractivity contribution in [3.8, 4) is 0 Å². The van der Waals surface area contributed by atoms with E-state index >= 15 is 0 Å². The number of nitrogens with zero attached hydrogens (tertiary/aromatic N) is 1. The van der Waals surface area contributed by atoms with Crippen molar-refractivity contribution < 1.29 is 19.2 Å². The van der Waals surface area contributed by atoms with Gasteiger partial charge in [0.2, 0.25) is 5.91 Å². The molecule has 0 aromatic heterocycles. The topological polar surface area (TPSA) is 83.6 Å². The number of piperidine rings is 1. The van der Waals surface area contributed by atoms with Gasteiger partial charge in [0.25, 0.3) is 11.8 Å². The maximum absolute atomic E-state index is 12.8. The molecular weight excluding hydrogens is 356 g/mol. The number of hydrogen-bond acceptors (Lipinski definition) is 4. The highest BCUT2D eigenvalue weighted by molar-refractivity contribution is 6.23. The lowest BCUT2D eigenvalue weighted by Gasteiger charge is -2.29. The number of nitrogens with one attached hydrogen (secondary N) is 1. The van der Waals surface area contributed by atoms with Crippen LogP contribution in [0.4, 0.5) is 0 Å². The summed E-state index contributed by atoms with van der Waals surface area (Å²) < 4.78 is 0. The summed E-state index contributed by atoms with van der Waals surface area (Å²) in [5, 5.41) is 2.62. The molecule has 0 aliphatic carbocycles. The fraction of sp³-hybridized carbons (Fsp3) is 0.455. The standard InChI is InChI=1S/C22H26N2O4/c1-13-5-10-18(19(26)23-13)24-20(27)16-9-7-14(11-17(16)21(24)28)6-8-15(25)12-22(2,3)4/h7,9,11,18H,1,5-6,8,10,12H2,2-4H3,(H,23,26). The molecule has 6 heteroatoms. The van der Waals surface area contributed by atoms with Crippen LogP contribution in [0, 0.1) is 5.41 Å². The Kier molecular flexibility index (Phi) is 5.24. The van der Waals surface area contributed by atoms with E-state index in [1.165, 1.54) is 0 Å². The lowest BCUT2D eigenvalue weighted by Crippen LogP contribution is -2.51. The Morgan fingerprint density at radius 2 is 1.86 bits per heavy atom. The number of rotatable bonds is 5. The molecule has 2 aliphatic heterocycles. The van der Waals surface area contributed by atoms with E-state index in [4.69, 9.17) is 0 Å². The van der Waals surface area contributed by atoms with Crippen molar-refractivity contribution in [3.63, 3.8) is 0 Å².